The summed E-state index contributed by atoms with van der Waals surface area (Å²) >= 11 is 0. The van der Waals surface area contributed by atoms with Crippen molar-refractivity contribution in [1.29, 1.82) is 0 Å². The first-order valence-corrected chi connectivity index (χ1v) is 7.37. The van der Waals surface area contributed by atoms with Crippen molar-refractivity contribution in [2.45, 2.75) is 18.9 Å². The molecule has 130 valence electrons. The van der Waals surface area contributed by atoms with Crippen LogP contribution in [0.25, 0.3) is 0 Å². The van der Waals surface area contributed by atoms with Crippen LogP contribution in [0, 0.1) is 0 Å². The zero-order valence-corrected chi connectivity index (χ0v) is 14.6. The zero-order valence-electron chi connectivity index (χ0n) is 13.8. The number of carbonyl (C=O) groups excluding carboxylic acids is 1. The highest BCUT2D eigenvalue weighted by Crippen LogP contribution is 2.32. The normalized spacial score (nSPS) is 15.0. The molecule has 2 rings (SSSR count). The number of halogens is 1. The number of hydrogen-bond acceptors (Lipinski definition) is 5. The van der Waals surface area contributed by atoms with Crippen molar-refractivity contribution in [3.63, 3.8) is 0 Å². The molecular formula is C16H25ClN2O4. The van der Waals surface area contributed by atoms with E-state index >= 15 is 0 Å². The summed E-state index contributed by atoms with van der Waals surface area (Å²) < 4.78 is 15.7. The van der Waals surface area contributed by atoms with E-state index in [1.807, 2.05) is 17.0 Å². The fraction of sp³-hybridized carbons (Fsp3) is 0.562. The quantitative estimate of drug-likeness (QED) is 0.863. The molecule has 7 heteroatoms. The van der Waals surface area contributed by atoms with Crippen molar-refractivity contribution in [1.82, 2.24) is 4.90 Å². The van der Waals surface area contributed by atoms with Gasteiger partial charge in [-0.2, -0.15) is 0 Å². The lowest BCUT2D eigenvalue weighted by atomic mass is 10.0. The van der Waals surface area contributed by atoms with E-state index < -0.39 is 6.04 Å². The highest BCUT2D eigenvalue weighted by Gasteiger charge is 2.24. The molecule has 1 unspecified atom stereocenters. The van der Waals surface area contributed by atoms with E-state index in [0.29, 0.717) is 13.1 Å². The topological polar surface area (TPSA) is 74.0 Å². The number of carbonyl (C=O) groups is 1. The summed E-state index contributed by atoms with van der Waals surface area (Å²) in [5.74, 6) is 1.38. The molecule has 1 aromatic rings. The van der Waals surface area contributed by atoms with Crippen LogP contribution in [0.15, 0.2) is 12.1 Å². The molecule has 0 spiro atoms. The van der Waals surface area contributed by atoms with E-state index in [4.69, 9.17) is 19.9 Å². The minimum absolute atomic E-state index is 0. The molecule has 0 aliphatic carbocycles. The number of nitrogens with two attached hydrogens (primary N) is 1. The molecule has 1 aliphatic rings. The maximum atomic E-state index is 12.3. The van der Waals surface area contributed by atoms with Crippen LogP contribution in [0.4, 0.5) is 0 Å². The van der Waals surface area contributed by atoms with Crippen molar-refractivity contribution in [2.75, 3.05) is 41.0 Å². The molecule has 1 aliphatic heterocycles. The van der Waals surface area contributed by atoms with Gasteiger partial charge in [-0.25, -0.2) is 0 Å². The first-order valence-electron chi connectivity index (χ1n) is 7.37. The summed E-state index contributed by atoms with van der Waals surface area (Å²) in [4.78, 5) is 14.1. The zero-order chi connectivity index (χ0) is 16.1. The van der Waals surface area contributed by atoms with Gasteiger partial charge in [0.15, 0.2) is 11.5 Å². The largest absolute Gasteiger partial charge is 0.493 e. The van der Waals surface area contributed by atoms with Gasteiger partial charge in [-0.1, -0.05) is 0 Å². The molecule has 0 fully saturated rings. The van der Waals surface area contributed by atoms with E-state index in [0.717, 1.165) is 24.3 Å². The first-order chi connectivity index (χ1) is 10.6. The predicted octanol–water partition coefficient (Wildman–Crippen LogP) is 1.03. The van der Waals surface area contributed by atoms with Crippen LogP contribution >= 0.6 is 12.4 Å². The lowest BCUT2D eigenvalue weighted by molar-refractivity contribution is -0.133. The molecule has 0 bridgehead atoms. The van der Waals surface area contributed by atoms with Crippen LogP contribution in [0.3, 0.4) is 0 Å². The van der Waals surface area contributed by atoms with Crippen molar-refractivity contribution in [3.05, 3.63) is 23.3 Å². The van der Waals surface area contributed by atoms with Crippen molar-refractivity contribution >= 4 is 18.3 Å². The number of amides is 1. The number of hydrogen-bond donors (Lipinski definition) is 1. The molecule has 6 nitrogen and oxygen atoms in total. The molecule has 1 amide bonds. The van der Waals surface area contributed by atoms with E-state index in [-0.39, 0.29) is 24.9 Å². The van der Waals surface area contributed by atoms with Crippen molar-refractivity contribution in [2.24, 2.45) is 5.73 Å². The molecule has 2 N–H and O–H groups in total. The van der Waals surface area contributed by atoms with Crippen LogP contribution < -0.4 is 15.2 Å². The van der Waals surface area contributed by atoms with Crippen LogP contribution in [-0.2, 0) is 22.4 Å². The summed E-state index contributed by atoms with van der Waals surface area (Å²) in [7, 11) is 4.80. The van der Waals surface area contributed by atoms with E-state index in [1.54, 1.807) is 21.3 Å². The standard InChI is InChI=1S/C16H24N2O4.ClH/c1-20-10-13(17)16(19)18-6-4-11-8-14(21-2)15(22-3)9-12(11)5-7-18;/h8-9,13H,4-7,10,17H2,1-3H3;1H. The fourth-order valence-corrected chi connectivity index (χ4v) is 2.76. The Labute approximate surface area is 143 Å². The number of ether oxygens (including phenoxy) is 3. The second-order valence-corrected chi connectivity index (χ2v) is 5.36. The van der Waals surface area contributed by atoms with Gasteiger partial charge in [0, 0.05) is 20.2 Å². The molecule has 1 atom stereocenters. The SMILES string of the molecule is COCC(N)C(=O)N1CCc2cc(OC)c(OC)cc2CC1.Cl. The third kappa shape index (κ3) is 4.50. The Bertz CT molecular complexity index is 504. The Balaban J connectivity index is 0.00000264. The Hall–Kier alpha value is -1.50. The van der Waals surface area contributed by atoms with Crippen LogP contribution in [0.1, 0.15) is 11.1 Å². The van der Waals surface area contributed by atoms with Gasteiger partial charge >= 0.3 is 0 Å². The van der Waals surface area contributed by atoms with E-state index in [1.165, 1.54) is 11.1 Å². The first kappa shape index (κ1) is 19.5. The lowest BCUT2D eigenvalue weighted by Gasteiger charge is -2.23. The van der Waals surface area contributed by atoms with Crippen molar-refractivity contribution in [3.8, 4) is 11.5 Å². The number of rotatable bonds is 5. The second kappa shape index (κ2) is 8.96. The average Bonchev–Trinajstić information content (AvgIpc) is 2.74. The van der Waals surface area contributed by atoms with Crippen LogP contribution in [-0.4, -0.2) is 57.9 Å². The summed E-state index contributed by atoms with van der Waals surface area (Å²) in [5, 5.41) is 0. The Morgan fingerprint density at radius 2 is 1.61 bits per heavy atom. The third-order valence-corrected chi connectivity index (χ3v) is 3.98. The summed E-state index contributed by atoms with van der Waals surface area (Å²) in [6, 6.07) is 3.39. The summed E-state index contributed by atoms with van der Waals surface area (Å²) in [6.45, 7) is 1.54. The fourth-order valence-electron chi connectivity index (χ4n) is 2.76. The van der Waals surface area contributed by atoms with Gasteiger partial charge in [-0.15, -0.1) is 12.4 Å². The van der Waals surface area contributed by atoms with E-state index in [2.05, 4.69) is 0 Å². The highest BCUT2D eigenvalue weighted by molar-refractivity contribution is 5.85. The molecule has 23 heavy (non-hydrogen) atoms. The smallest absolute Gasteiger partial charge is 0.241 e. The maximum absolute atomic E-state index is 12.3. The van der Waals surface area contributed by atoms with Gasteiger partial charge in [-0.05, 0) is 36.1 Å². The summed E-state index contributed by atoms with van der Waals surface area (Å²) in [6.07, 6.45) is 1.56. The van der Waals surface area contributed by atoms with Crippen molar-refractivity contribution < 1.29 is 19.0 Å². The third-order valence-electron chi connectivity index (χ3n) is 3.98. The Kier molecular flexibility index (Phi) is 7.61. The summed E-state index contributed by atoms with van der Waals surface area (Å²) in [5.41, 5.74) is 8.23. The van der Waals surface area contributed by atoms with E-state index in [9.17, 15) is 4.79 Å². The van der Waals surface area contributed by atoms with Gasteiger partial charge in [0.2, 0.25) is 5.91 Å². The average molecular weight is 345 g/mol. The molecule has 1 heterocycles. The van der Waals surface area contributed by atoms with Gasteiger partial charge in [0.25, 0.3) is 0 Å². The lowest BCUT2D eigenvalue weighted by Crippen LogP contribution is -2.47. The van der Waals surface area contributed by atoms with Gasteiger partial charge in [-0.3, -0.25) is 4.79 Å². The minimum atomic E-state index is -0.602. The monoisotopic (exact) mass is 344 g/mol. The van der Waals surface area contributed by atoms with Gasteiger partial charge < -0.3 is 24.8 Å². The minimum Gasteiger partial charge on any atom is -0.493 e. The molecule has 1 aromatic carbocycles. The number of fused-ring (bicyclic) bond motifs is 1. The van der Waals surface area contributed by atoms with Crippen LogP contribution in [0.2, 0.25) is 0 Å². The highest BCUT2D eigenvalue weighted by atomic mass is 35.5. The van der Waals surface area contributed by atoms with Crippen LogP contribution in [0.5, 0.6) is 11.5 Å². The molecule has 0 saturated carbocycles. The molecule has 0 saturated heterocycles. The Morgan fingerprint density at radius 1 is 1.13 bits per heavy atom. The number of methoxy groups -OCH3 is 3. The Morgan fingerprint density at radius 3 is 2.00 bits per heavy atom. The van der Waals surface area contributed by atoms with Gasteiger partial charge in [0.1, 0.15) is 6.04 Å². The second-order valence-electron chi connectivity index (χ2n) is 5.36. The maximum Gasteiger partial charge on any atom is 0.241 e. The number of benzene rings is 1. The predicted molar refractivity (Wildman–Crippen MR) is 90.6 cm³/mol. The molecule has 0 radical (unpaired) electrons. The number of nitrogens with zero attached hydrogens (tertiary/aromatic N) is 1. The van der Waals surface area contributed by atoms with Gasteiger partial charge in [0.05, 0.1) is 20.8 Å². The molecule has 0 aromatic heterocycles. The molecular weight excluding hydrogens is 320 g/mol.